The monoisotopic (exact) mass is 469 g/mol. The van der Waals surface area contributed by atoms with Crippen molar-refractivity contribution in [3.63, 3.8) is 0 Å². The number of aliphatic hydroxyl groups is 1. The Morgan fingerprint density at radius 2 is 2.00 bits per heavy atom. The van der Waals surface area contributed by atoms with Crippen molar-refractivity contribution in [2.24, 2.45) is 4.99 Å². The summed E-state index contributed by atoms with van der Waals surface area (Å²) in [5.41, 5.74) is 3.95. The van der Waals surface area contributed by atoms with Crippen LogP contribution in [-0.2, 0) is 5.41 Å². The van der Waals surface area contributed by atoms with E-state index in [4.69, 9.17) is 9.98 Å². The highest BCUT2D eigenvalue weighted by molar-refractivity contribution is 7.44. The largest absolute Gasteiger partial charge is 0.396 e. The topological polar surface area (TPSA) is 74.5 Å². The van der Waals surface area contributed by atoms with Crippen molar-refractivity contribution in [1.29, 1.82) is 0 Å². The van der Waals surface area contributed by atoms with Crippen LogP contribution in [0.1, 0.15) is 63.4 Å². The number of hydrogen-bond acceptors (Lipinski definition) is 7. The highest BCUT2D eigenvalue weighted by atomic mass is 32.1. The van der Waals surface area contributed by atoms with E-state index in [1.807, 2.05) is 0 Å². The Balaban J connectivity index is 1.74. The zero-order valence-corrected chi connectivity index (χ0v) is 21.1. The molecule has 0 fully saturated rings. The molecule has 32 heavy (non-hydrogen) atoms. The fourth-order valence-electron chi connectivity index (χ4n) is 4.63. The van der Waals surface area contributed by atoms with Gasteiger partial charge in [-0.15, -0.1) is 0 Å². The molecule has 1 N–H and O–H groups in total. The molecule has 2 unspecified atom stereocenters. The third kappa shape index (κ3) is 4.43. The van der Waals surface area contributed by atoms with Crippen LogP contribution < -0.4 is 4.90 Å². The maximum absolute atomic E-state index is 9.69. The van der Waals surface area contributed by atoms with Crippen LogP contribution in [0.3, 0.4) is 0 Å². The van der Waals surface area contributed by atoms with Crippen molar-refractivity contribution in [3.05, 3.63) is 41.2 Å². The number of hydrogen-bond donors (Lipinski definition) is 1. The molecule has 0 saturated heterocycles. The molecule has 0 aliphatic carbocycles. The normalized spacial score (nSPS) is 18.7. The van der Waals surface area contributed by atoms with Crippen LogP contribution in [0.2, 0.25) is 0 Å². The van der Waals surface area contributed by atoms with Gasteiger partial charge in [-0.1, -0.05) is 72.4 Å². The van der Waals surface area contributed by atoms with Gasteiger partial charge in [0.15, 0.2) is 5.82 Å². The Morgan fingerprint density at radius 1 is 1.25 bits per heavy atom. The zero-order valence-electron chi connectivity index (χ0n) is 19.1. The first-order valence-corrected chi connectivity index (χ1v) is 12.8. The third-order valence-electron chi connectivity index (χ3n) is 6.23. The van der Waals surface area contributed by atoms with Gasteiger partial charge in [0.1, 0.15) is 21.7 Å². The SMILES string of the molecule is CCCC(CCC)N=C(P)c1nc2c(N3CC(C)(CCO)c4ccccc43)ncnc2s1. The Bertz CT molecular complexity index is 1110. The molecule has 1 aliphatic heterocycles. The Morgan fingerprint density at radius 3 is 2.72 bits per heavy atom. The maximum Gasteiger partial charge on any atom is 0.164 e. The number of aliphatic hydroxyl groups excluding tert-OH is 1. The summed E-state index contributed by atoms with van der Waals surface area (Å²) in [5.74, 6) is 0.822. The number of benzene rings is 1. The van der Waals surface area contributed by atoms with Crippen molar-refractivity contribution in [2.75, 3.05) is 18.1 Å². The number of anilines is 2. The molecule has 8 heteroatoms. The molecule has 2 atom stereocenters. The molecule has 1 aromatic carbocycles. The molecule has 0 saturated carbocycles. The minimum atomic E-state index is -0.137. The standard InChI is InChI=1S/C24H32N5OPS/c1-4-8-16(9-5-2)27-21(31)23-28-19-20(25-15-26-22(19)32-23)29-14-24(3,12-13-30)17-10-6-7-11-18(17)29/h6-7,10-11,15-16,30H,4-5,8-9,12-14,31H2,1-3H3. The van der Waals surface area contributed by atoms with Gasteiger partial charge in [-0.3, -0.25) is 4.99 Å². The van der Waals surface area contributed by atoms with Crippen LogP contribution in [0.5, 0.6) is 0 Å². The van der Waals surface area contributed by atoms with Crippen molar-refractivity contribution >= 4 is 47.9 Å². The predicted octanol–water partition coefficient (Wildman–Crippen LogP) is 5.47. The average Bonchev–Trinajstić information content (AvgIpc) is 3.34. The highest BCUT2D eigenvalue weighted by Gasteiger charge is 2.40. The summed E-state index contributed by atoms with van der Waals surface area (Å²) in [6.07, 6.45) is 6.77. The minimum absolute atomic E-state index is 0.137. The molecule has 1 aliphatic rings. The van der Waals surface area contributed by atoms with Gasteiger partial charge in [-0.2, -0.15) is 0 Å². The van der Waals surface area contributed by atoms with Gasteiger partial charge >= 0.3 is 0 Å². The smallest absolute Gasteiger partial charge is 0.164 e. The summed E-state index contributed by atoms with van der Waals surface area (Å²) in [5, 5.41) is 10.6. The first-order valence-electron chi connectivity index (χ1n) is 11.4. The third-order valence-corrected chi connectivity index (χ3v) is 7.85. The van der Waals surface area contributed by atoms with Crippen molar-refractivity contribution < 1.29 is 5.11 Å². The fourth-order valence-corrected chi connectivity index (χ4v) is 5.89. The molecule has 0 radical (unpaired) electrons. The zero-order chi connectivity index (χ0) is 22.7. The summed E-state index contributed by atoms with van der Waals surface area (Å²) in [6, 6.07) is 8.73. The Hall–Kier alpha value is -1.95. The predicted molar refractivity (Wildman–Crippen MR) is 138 cm³/mol. The van der Waals surface area contributed by atoms with E-state index in [2.05, 4.69) is 69.1 Å². The molecule has 4 rings (SSSR count). The van der Waals surface area contributed by atoms with E-state index in [1.54, 1.807) is 17.7 Å². The second-order valence-electron chi connectivity index (χ2n) is 8.75. The van der Waals surface area contributed by atoms with Gasteiger partial charge in [0.25, 0.3) is 0 Å². The Labute approximate surface area is 196 Å². The van der Waals surface area contributed by atoms with Crippen LogP contribution >= 0.6 is 20.6 Å². The van der Waals surface area contributed by atoms with Crippen molar-refractivity contribution in [2.45, 2.75) is 64.3 Å². The second-order valence-corrected chi connectivity index (χ2v) is 10.3. The number of para-hydroxylation sites is 1. The second kappa shape index (κ2) is 9.90. The van der Waals surface area contributed by atoms with Crippen LogP contribution in [0, 0.1) is 0 Å². The van der Waals surface area contributed by atoms with Crippen molar-refractivity contribution in [1.82, 2.24) is 15.0 Å². The van der Waals surface area contributed by atoms with E-state index < -0.39 is 0 Å². The quantitative estimate of drug-likeness (QED) is 0.332. The van der Waals surface area contributed by atoms with E-state index in [9.17, 15) is 5.11 Å². The molecular formula is C24H32N5OPS. The molecule has 2 aromatic heterocycles. The fraction of sp³-hybridized carbons (Fsp3) is 0.500. The van der Waals surface area contributed by atoms with Crippen LogP contribution in [0.15, 0.2) is 35.6 Å². The molecule has 6 nitrogen and oxygen atoms in total. The highest BCUT2D eigenvalue weighted by Crippen LogP contribution is 2.46. The molecule has 0 amide bonds. The first kappa shape index (κ1) is 23.2. The van der Waals surface area contributed by atoms with Gasteiger partial charge in [0.05, 0.1) is 11.5 Å². The number of aromatic nitrogens is 3. The molecule has 170 valence electrons. The maximum atomic E-state index is 9.69. The summed E-state index contributed by atoms with van der Waals surface area (Å²) in [6.45, 7) is 7.53. The van der Waals surface area contributed by atoms with Gasteiger partial charge in [-0.05, 0) is 30.9 Å². The summed E-state index contributed by atoms with van der Waals surface area (Å²) in [7, 11) is 2.78. The lowest BCUT2D eigenvalue weighted by atomic mass is 9.82. The summed E-state index contributed by atoms with van der Waals surface area (Å²) < 4.78 is 0. The first-order chi connectivity index (χ1) is 15.5. The Kier molecular flexibility index (Phi) is 7.18. The lowest BCUT2D eigenvalue weighted by Crippen LogP contribution is -2.30. The van der Waals surface area contributed by atoms with Gasteiger partial charge in [0, 0.05) is 24.3 Å². The van der Waals surface area contributed by atoms with Crippen molar-refractivity contribution in [3.8, 4) is 0 Å². The molecule has 3 aromatic rings. The molecule has 0 bridgehead atoms. The lowest BCUT2D eigenvalue weighted by Gasteiger charge is -2.25. The average molecular weight is 470 g/mol. The van der Waals surface area contributed by atoms with Crippen LogP contribution in [0.25, 0.3) is 10.3 Å². The summed E-state index contributed by atoms with van der Waals surface area (Å²) in [4.78, 5) is 22.2. The van der Waals surface area contributed by atoms with E-state index in [-0.39, 0.29) is 12.0 Å². The van der Waals surface area contributed by atoms with Crippen LogP contribution in [0.4, 0.5) is 11.5 Å². The van der Waals surface area contributed by atoms with E-state index in [0.717, 1.165) is 64.5 Å². The van der Waals surface area contributed by atoms with E-state index in [0.29, 0.717) is 12.5 Å². The number of fused-ring (bicyclic) bond motifs is 2. The van der Waals surface area contributed by atoms with E-state index in [1.165, 1.54) is 5.56 Å². The number of thiazole rings is 1. The number of nitrogens with zero attached hydrogens (tertiary/aromatic N) is 5. The minimum Gasteiger partial charge on any atom is -0.396 e. The van der Waals surface area contributed by atoms with E-state index >= 15 is 0 Å². The van der Waals surface area contributed by atoms with Gasteiger partial charge in [0.2, 0.25) is 0 Å². The number of rotatable bonds is 9. The van der Waals surface area contributed by atoms with Crippen LogP contribution in [-0.4, -0.2) is 44.7 Å². The number of aliphatic imine (C=N–C) groups is 1. The molecular weight excluding hydrogens is 437 g/mol. The lowest BCUT2D eigenvalue weighted by molar-refractivity contribution is 0.251. The van der Waals surface area contributed by atoms with Gasteiger partial charge in [-0.25, -0.2) is 15.0 Å². The summed E-state index contributed by atoms with van der Waals surface area (Å²) >= 11 is 1.57. The molecule has 3 heterocycles. The van der Waals surface area contributed by atoms with Gasteiger partial charge < -0.3 is 10.0 Å². The molecule has 0 spiro atoms.